The second-order valence-electron chi connectivity index (χ2n) is 8.10. The van der Waals surface area contributed by atoms with Gasteiger partial charge in [0, 0.05) is 31.2 Å². The zero-order valence-corrected chi connectivity index (χ0v) is 17.6. The summed E-state index contributed by atoms with van der Waals surface area (Å²) >= 11 is 0. The van der Waals surface area contributed by atoms with Gasteiger partial charge in [-0.05, 0) is 35.7 Å². The van der Waals surface area contributed by atoms with Crippen LogP contribution in [0.15, 0.2) is 48.5 Å². The van der Waals surface area contributed by atoms with Gasteiger partial charge in [-0.25, -0.2) is 4.68 Å². The van der Waals surface area contributed by atoms with Crippen LogP contribution in [0.25, 0.3) is 11.0 Å². The first-order chi connectivity index (χ1) is 14.6. The highest BCUT2D eigenvalue weighted by atomic mass is 16.5. The summed E-state index contributed by atoms with van der Waals surface area (Å²) in [6.07, 6.45) is 0. The van der Waals surface area contributed by atoms with Crippen molar-refractivity contribution in [2.75, 3.05) is 32.8 Å². The van der Waals surface area contributed by atoms with E-state index in [-0.39, 0.29) is 5.91 Å². The maximum Gasteiger partial charge on any atom is 0.251 e. The maximum atomic E-state index is 12.7. The Hall–Kier alpha value is -2.77. The molecule has 0 bridgehead atoms. The van der Waals surface area contributed by atoms with Crippen molar-refractivity contribution in [3.8, 4) is 0 Å². The molecule has 4 rings (SSSR count). The molecule has 3 aromatic rings. The largest absolute Gasteiger partial charge is 0.379 e. The molecule has 158 valence electrons. The van der Waals surface area contributed by atoms with Crippen molar-refractivity contribution in [3.63, 3.8) is 0 Å². The number of amides is 1. The van der Waals surface area contributed by atoms with Crippen LogP contribution in [0, 0.1) is 5.92 Å². The van der Waals surface area contributed by atoms with E-state index < -0.39 is 0 Å². The number of nitrogens with zero attached hydrogens (tertiary/aromatic N) is 4. The number of fused-ring (bicyclic) bond motifs is 1. The van der Waals surface area contributed by atoms with Crippen LogP contribution in [0.4, 0.5) is 0 Å². The standard InChI is InChI=1S/C23H29N5O2/c1-17(2)22(27-11-13-30-14-12-27)15-24-23(29)19-9-7-18(8-10-19)16-28-21-6-4-3-5-20(21)25-26-28/h3-10,17,22H,11-16H2,1-2H3,(H,24,29)/t22-/m0/s1. The fourth-order valence-corrected chi connectivity index (χ4v) is 3.96. The Morgan fingerprint density at radius 3 is 2.57 bits per heavy atom. The molecule has 1 amide bonds. The molecule has 0 saturated carbocycles. The molecule has 0 radical (unpaired) electrons. The smallest absolute Gasteiger partial charge is 0.251 e. The molecule has 1 fully saturated rings. The molecule has 1 aliphatic rings. The summed E-state index contributed by atoms with van der Waals surface area (Å²) in [6, 6.07) is 15.9. The molecule has 0 aliphatic carbocycles. The normalized spacial score (nSPS) is 16.1. The Labute approximate surface area is 177 Å². The van der Waals surface area contributed by atoms with E-state index in [4.69, 9.17) is 4.74 Å². The SMILES string of the molecule is CC(C)[C@H](CNC(=O)c1ccc(Cn2nnc3ccccc32)cc1)N1CCOCC1. The number of hydrogen-bond acceptors (Lipinski definition) is 5. The Kier molecular flexibility index (Phi) is 6.40. The van der Waals surface area contributed by atoms with E-state index in [2.05, 4.69) is 34.4 Å². The Bertz CT molecular complexity index is 977. The van der Waals surface area contributed by atoms with Gasteiger partial charge in [-0.3, -0.25) is 9.69 Å². The lowest BCUT2D eigenvalue weighted by Gasteiger charge is -2.36. The number of nitrogens with one attached hydrogen (secondary N) is 1. The van der Waals surface area contributed by atoms with Crippen molar-refractivity contribution in [2.45, 2.75) is 26.4 Å². The van der Waals surface area contributed by atoms with Crippen LogP contribution >= 0.6 is 0 Å². The average molecular weight is 408 g/mol. The molecule has 1 saturated heterocycles. The molecule has 1 aromatic heterocycles. The molecule has 0 spiro atoms. The summed E-state index contributed by atoms with van der Waals surface area (Å²) in [5.41, 5.74) is 3.64. The lowest BCUT2D eigenvalue weighted by atomic mass is 10.0. The number of carbonyl (C=O) groups excluding carboxylic acids is 1. The van der Waals surface area contributed by atoms with Gasteiger partial charge in [-0.2, -0.15) is 0 Å². The number of morpholine rings is 1. The molecule has 0 unspecified atom stereocenters. The highest BCUT2D eigenvalue weighted by Gasteiger charge is 2.24. The van der Waals surface area contributed by atoms with Gasteiger partial charge in [0.25, 0.3) is 5.91 Å². The third-order valence-corrected chi connectivity index (χ3v) is 5.72. The molecule has 30 heavy (non-hydrogen) atoms. The minimum absolute atomic E-state index is 0.0355. The molecule has 7 heteroatoms. The summed E-state index contributed by atoms with van der Waals surface area (Å²) in [5, 5.41) is 11.5. The highest BCUT2D eigenvalue weighted by Crippen LogP contribution is 2.14. The number of para-hydroxylation sites is 1. The quantitative estimate of drug-likeness (QED) is 0.652. The molecule has 7 nitrogen and oxygen atoms in total. The van der Waals surface area contributed by atoms with Crippen LogP contribution in [0.5, 0.6) is 0 Å². The summed E-state index contributed by atoms with van der Waals surface area (Å²) in [5.74, 6) is 0.426. The van der Waals surface area contributed by atoms with Crippen molar-refractivity contribution in [1.82, 2.24) is 25.2 Å². The first kappa shape index (κ1) is 20.5. The van der Waals surface area contributed by atoms with E-state index >= 15 is 0 Å². The van der Waals surface area contributed by atoms with Gasteiger partial charge in [0.15, 0.2) is 0 Å². The predicted molar refractivity (Wildman–Crippen MR) is 116 cm³/mol. The second kappa shape index (κ2) is 9.36. The minimum Gasteiger partial charge on any atom is -0.379 e. The van der Waals surface area contributed by atoms with E-state index in [0.717, 1.165) is 42.9 Å². The second-order valence-corrected chi connectivity index (χ2v) is 8.10. The van der Waals surface area contributed by atoms with Crippen molar-refractivity contribution >= 4 is 16.9 Å². The predicted octanol–water partition coefficient (Wildman–Crippen LogP) is 2.57. The molecule has 2 aromatic carbocycles. The lowest BCUT2D eigenvalue weighted by molar-refractivity contribution is 0.00673. The van der Waals surface area contributed by atoms with E-state index in [1.807, 2.05) is 53.2 Å². The van der Waals surface area contributed by atoms with Gasteiger partial charge in [0.2, 0.25) is 0 Å². The first-order valence-electron chi connectivity index (χ1n) is 10.6. The summed E-state index contributed by atoms with van der Waals surface area (Å²) < 4.78 is 7.33. The molecule has 1 aliphatic heterocycles. The summed E-state index contributed by atoms with van der Waals surface area (Å²) in [6.45, 7) is 9.04. The van der Waals surface area contributed by atoms with Crippen molar-refractivity contribution in [3.05, 3.63) is 59.7 Å². The van der Waals surface area contributed by atoms with Crippen molar-refractivity contribution in [2.24, 2.45) is 5.92 Å². The maximum absolute atomic E-state index is 12.7. The monoisotopic (exact) mass is 407 g/mol. The summed E-state index contributed by atoms with van der Waals surface area (Å²) in [4.78, 5) is 15.1. The lowest BCUT2D eigenvalue weighted by Crippen LogP contribution is -2.51. The van der Waals surface area contributed by atoms with Crippen LogP contribution < -0.4 is 5.32 Å². The van der Waals surface area contributed by atoms with E-state index in [1.165, 1.54) is 0 Å². The number of hydrogen-bond donors (Lipinski definition) is 1. The van der Waals surface area contributed by atoms with Crippen molar-refractivity contribution < 1.29 is 9.53 Å². The summed E-state index contributed by atoms with van der Waals surface area (Å²) in [7, 11) is 0. The zero-order chi connectivity index (χ0) is 20.9. The topological polar surface area (TPSA) is 72.3 Å². The average Bonchev–Trinajstić information content (AvgIpc) is 3.18. The Balaban J connectivity index is 1.36. The van der Waals surface area contributed by atoms with Gasteiger partial charge in [0.05, 0.1) is 25.3 Å². The molecule has 2 heterocycles. The Morgan fingerprint density at radius 1 is 1.10 bits per heavy atom. The molecular weight excluding hydrogens is 378 g/mol. The number of ether oxygens (including phenoxy) is 1. The number of rotatable bonds is 7. The number of benzene rings is 2. The minimum atomic E-state index is -0.0355. The zero-order valence-electron chi connectivity index (χ0n) is 17.6. The van der Waals surface area contributed by atoms with Gasteiger partial charge >= 0.3 is 0 Å². The van der Waals surface area contributed by atoms with Crippen LogP contribution in [-0.4, -0.2) is 64.7 Å². The van der Waals surface area contributed by atoms with Crippen LogP contribution in [-0.2, 0) is 11.3 Å². The van der Waals surface area contributed by atoms with Gasteiger partial charge in [0.1, 0.15) is 5.52 Å². The van der Waals surface area contributed by atoms with Gasteiger partial charge < -0.3 is 10.1 Å². The van der Waals surface area contributed by atoms with E-state index in [9.17, 15) is 4.79 Å². The van der Waals surface area contributed by atoms with E-state index in [1.54, 1.807) is 0 Å². The Morgan fingerprint density at radius 2 is 1.83 bits per heavy atom. The van der Waals surface area contributed by atoms with Crippen LogP contribution in [0.2, 0.25) is 0 Å². The van der Waals surface area contributed by atoms with Gasteiger partial charge in [-0.15, -0.1) is 5.10 Å². The number of carbonyl (C=O) groups is 1. The molecule has 1 N–H and O–H groups in total. The molecule has 1 atom stereocenters. The number of aromatic nitrogens is 3. The van der Waals surface area contributed by atoms with Crippen molar-refractivity contribution in [1.29, 1.82) is 0 Å². The van der Waals surface area contributed by atoms with E-state index in [0.29, 0.717) is 30.6 Å². The highest BCUT2D eigenvalue weighted by molar-refractivity contribution is 5.94. The molecular formula is C23H29N5O2. The van der Waals surface area contributed by atoms with Crippen LogP contribution in [0.1, 0.15) is 29.8 Å². The fraction of sp³-hybridized carbons (Fsp3) is 0.435. The fourth-order valence-electron chi connectivity index (χ4n) is 3.96. The first-order valence-corrected chi connectivity index (χ1v) is 10.6. The third-order valence-electron chi connectivity index (χ3n) is 5.72. The van der Waals surface area contributed by atoms with Gasteiger partial charge in [-0.1, -0.05) is 43.3 Å². The van der Waals surface area contributed by atoms with Crippen LogP contribution in [0.3, 0.4) is 0 Å². The third kappa shape index (κ3) is 4.68.